The first-order chi connectivity index (χ1) is 9.26. The maximum Gasteiger partial charge on any atom is 0.188 e. The number of halogens is 1. The van der Waals surface area contributed by atoms with Gasteiger partial charge in [-0.05, 0) is 30.3 Å². The number of ether oxygens (including phenoxy) is 1. The Morgan fingerprint density at radius 3 is 2.89 bits per heavy atom. The van der Waals surface area contributed by atoms with Crippen molar-refractivity contribution in [3.8, 4) is 5.75 Å². The number of para-hydroxylation sites is 2. The summed E-state index contributed by atoms with van der Waals surface area (Å²) in [6.07, 6.45) is 0. The lowest BCUT2D eigenvalue weighted by molar-refractivity contribution is 0.417. The molecule has 0 saturated carbocycles. The van der Waals surface area contributed by atoms with Gasteiger partial charge in [0.15, 0.2) is 5.13 Å². The van der Waals surface area contributed by atoms with Gasteiger partial charge >= 0.3 is 0 Å². The van der Waals surface area contributed by atoms with Gasteiger partial charge in [-0.1, -0.05) is 23.5 Å². The van der Waals surface area contributed by atoms with Crippen LogP contribution < -0.4 is 10.1 Å². The van der Waals surface area contributed by atoms with Crippen LogP contribution in [0.15, 0.2) is 42.5 Å². The van der Waals surface area contributed by atoms with E-state index in [-0.39, 0.29) is 5.82 Å². The number of thiazole rings is 1. The van der Waals surface area contributed by atoms with Crippen molar-refractivity contribution in [3.63, 3.8) is 0 Å². The maximum atomic E-state index is 13.1. The first-order valence-corrected chi connectivity index (χ1v) is 6.54. The SMILES string of the molecule is COc1ccccc1Nc1nc2ccc(F)cc2s1. The largest absolute Gasteiger partial charge is 0.495 e. The van der Waals surface area contributed by atoms with Crippen LogP contribution >= 0.6 is 11.3 Å². The van der Waals surface area contributed by atoms with Gasteiger partial charge < -0.3 is 10.1 Å². The molecule has 0 aliphatic rings. The molecule has 0 aliphatic carbocycles. The summed E-state index contributed by atoms with van der Waals surface area (Å²) in [5.41, 5.74) is 1.62. The van der Waals surface area contributed by atoms with Gasteiger partial charge in [0.1, 0.15) is 11.6 Å². The minimum Gasteiger partial charge on any atom is -0.495 e. The van der Waals surface area contributed by atoms with E-state index >= 15 is 0 Å². The van der Waals surface area contributed by atoms with E-state index in [9.17, 15) is 4.39 Å². The highest BCUT2D eigenvalue weighted by molar-refractivity contribution is 7.22. The molecule has 5 heteroatoms. The van der Waals surface area contributed by atoms with Crippen molar-refractivity contribution in [2.45, 2.75) is 0 Å². The highest BCUT2D eigenvalue weighted by Crippen LogP contribution is 2.32. The Morgan fingerprint density at radius 1 is 1.21 bits per heavy atom. The fourth-order valence-electron chi connectivity index (χ4n) is 1.82. The molecule has 3 nitrogen and oxygen atoms in total. The van der Waals surface area contributed by atoms with Crippen molar-refractivity contribution in [3.05, 3.63) is 48.3 Å². The summed E-state index contributed by atoms with van der Waals surface area (Å²) < 4.78 is 19.2. The number of nitrogens with zero attached hydrogens (tertiary/aromatic N) is 1. The molecule has 0 atom stereocenters. The smallest absolute Gasteiger partial charge is 0.188 e. The van der Waals surface area contributed by atoms with E-state index in [1.54, 1.807) is 13.2 Å². The van der Waals surface area contributed by atoms with Crippen LogP contribution in [0.5, 0.6) is 5.75 Å². The van der Waals surface area contributed by atoms with Crippen molar-refractivity contribution in [1.82, 2.24) is 4.98 Å². The van der Waals surface area contributed by atoms with Crippen molar-refractivity contribution < 1.29 is 9.13 Å². The van der Waals surface area contributed by atoms with E-state index in [1.165, 1.54) is 23.5 Å². The molecule has 0 fully saturated rings. The van der Waals surface area contributed by atoms with Crippen molar-refractivity contribution >= 4 is 32.4 Å². The van der Waals surface area contributed by atoms with Crippen LogP contribution in [0.2, 0.25) is 0 Å². The molecule has 3 aromatic rings. The van der Waals surface area contributed by atoms with E-state index in [2.05, 4.69) is 10.3 Å². The zero-order chi connectivity index (χ0) is 13.2. The molecule has 0 saturated heterocycles. The number of hydrogen-bond acceptors (Lipinski definition) is 4. The Morgan fingerprint density at radius 2 is 2.05 bits per heavy atom. The fourth-order valence-corrected chi connectivity index (χ4v) is 2.72. The minimum atomic E-state index is -0.250. The minimum absolute atomic E-state index is 0.250. The van der Waals surface area contributed by atoms with Crippen LogP contribution in [0.25, 0.3) is 10.2 Å². The van der Waals surface area contributed by atoms with E-state index in [0.717, 1.165) is 21.7 Å². The first kappa shape index (κ1) is 11.9. The second-order valence-corrected chi connectivity index (χ2v) is 4.99. The lowest BCUT2D eigenvalue weighted by Gasteiger charge is -2.07. The topological polar surface area (TPSA) is 34.1 Å². The van der Waals surface area contributed by atoms with Gasteiger partial charge in [0.25, 0.3) is 0 Å². The Labute approximate surface area is 113 Å². The highest BCUT2D eigenvalue weighted by atomic mass is 32.1. The molecule has 2 aromatic carbocycles. The average molecular weight is 274 g/mol. The van der Waals surface area contributed by atoms with Crippen LogP contribution in [-0.4, -0.2) is 12.1 Å². The second-order valence-electron chi connectivity index (χ2n) is 3.96. The average Bonchev–Trinajstić information content (AvgIpc) is 2.80. The Kier molecular flexibility index (Phi) is 3.05. The molecule has 1 N–H and O–H groups in total. The van der Waals surface area contributed by atoms with Crippen molar-refractivity contribution in [2.75, 3.05) is 12.4 Å². The van der Waals surface area contributed by atoms with Gasteiger partial charge in [-0.3, -0.25) is 0 Å². The monoisotopic (exact) mass is 274 g/mol. The quantitative estimate of drug-likeness (QED) is 0.777. The van der Waals surface area contributed by atoms with E-state index in [1.807, 2.05) is 24.3 Å². The highest BCUT2D eigenvalue weighted by Gasteiger charge is 2.07. The summed E-state index contributed by atoms with van der Waals surface area (Å²) >= 11 is 1.41. The molecule has 96 valence electrons. The number of methoxy groups -OCH3 is 1. The fraction of sp³-hybridized carbons (Fsp3) is 0.0714. The molecule has 3 rings (SSSR count). The zero-order valence-electron chi connectivity index (χ0n) is 10.2. The van der Waals surface area contributed by atoms with Gasteiger partial charge in [0, 0.05) is 0 Å². The summed E-state index contributed by atoms with van der Waals surface area (Å²) in [7, 11) is 1.62. The predicted octanol–water partition coefficient (Wildman–Crippen LogP) is 4.19. The number of hydrogen-bond donors (Lipinski definition) is 1. The maximum absolute atomic E-state index is 13.1. The van der Waals surface area contributed by atoms with E-state index < -0.39 is 0 Å². The van der Waals surface area contributed by atoms with Gasteiger partial charge in [-0.15, -0.1) is 0 Å². The lowest BCUT2D eigenvalue weighted by Crippen LogP contribution is -1.93. The Balaban J connectivity index is 1.96. The normalized spacial score (nSPS) is 10.6. The second kappa shape index (κ2) is 4.85. The third-order valence-corrected chi connectivity index (χ3v) is 3.63. The summed E-state index contributed by atoms with van der Waals surface area (Å²) in [4.78, 5) is 4.41. The van der Waals surface area contributed by atoms with E-state index in [4.69, 9.17) is 4.74 Å². The molecule has 0 spiro atoms. The number of nitrogens with one attached hydrogen (secondary N) is 1. The lowest BCUT2D eigenvalue weighted by atomic mass is 10.3. The van der Waals surface area contributed by atoms with Gasteiger partial charge in [-0.25, -0.2) is 9.37 Å². The third kappa shape index (κ3) is 2.37. The zero-order valence-corrected chi connectivity index (χ0v) is 11.0. The predicted molar refractivity (Wildman–Crippen MR) is 75.9 cm³/mol. The Hall–Kier alpha value is -2.14. The molecule has 0 amide bonds. The van der Waals surface area contributed by atoms with Gasteiger partial charge in [0.2, 0.25) is 0 Å². The van der Waals surface area contributed by atoms with Crippen LogP contribution in [0, 0.1) is 5.82 Å². The molecule has 1 heterocycles. The van der Waals surface area contributed by atoms with Gasteiger partial charge in [-0.2, -0.15) is 0 Å². The van der Waals surface area contributed by atoms with Crippen LogP contribution in [-0.2, 0) is 0 Å². The molecular formula is C14H11FN2OS. The third-order valence-electron chi connectivity index (χ3n) is 2.70. The van der Waals surface area contributed by atoms with Crippen LogP contribution in [0.4, 0.5) is 15.2 Å². The number of aromatic nitrogens is 1. The van der Waals surface area contributed by atoms with Crippen LogP contribution in [0.3, 0.4) is 0 Å². The Bertz CT molecular complexity index is 726. The van der Waals surface area contributed by atoms with E-state index in [0.29, 0.717) is 5.13 Å². The summed E-state index contributed by atoms with van der Waals surface area (Å²) in [5.74, 6) is 0.493. The molecule has 0 bridgehead atoms. The molecular weight excluding hydrogens is 263 g/mol. The molecule has 19 heavy (non-hydrogen) atoms. The summed E-state index contributed by atoms with van der Waals surface area (Å²) in [5, 5.41) is 3.91. The molecule has 0 unspecified atom stereocenters. The first-order valence-electron chi connectivity index (χ1n) is 5.72. The number of fused-ring (bicyclic) bond motifs is 1. The van der Waals surface area contributed by atoms with Crippen molar-refractivity contribution in [1.29, 1.82) is 0 Å². The number of benzene rings is 2. The summed E-state index contributed by atoms with van der Waals surface area (Å²) in [6.45, 7) is 0. The molecule has 0 radical (unpaired) electrons. The van der Waals surface area contributed by atoms with Gasteiger partial charge in [0.05, 0.1) is 23.0 Å². The standard InChI is InChI=1S/C14H11FN2OS/c1-18-12-5-3-2-4-10(12)16-14-17-11-7-6-9(15)8-13(11)19-14/h2-8H,1H3,(H,16,17). The summed E-state index contributed by atoms with van der Waals surface area (Å²) in [6, 6.07) is 12.2. The number of rotatable bonds is 3. The molecule has 0 aliphatic heterocycles. The van der Waals surface area contributed by atoms with Crippen molar-refractivity contribution in [2.24, 2.45) is 0 Å². The van der Waals surface area contributed by atoms with Crippen LogP contribution in [0.1, 0.15) is 0 Å². The number of anilines is 2. The molecule has 1 aromatic heterocycles.